The molecule has 2 aromatic carbocycles. The van der Waals surface area contributed by atoms with E-state index in [0.717, 1.165) is 11.1 Å². The summed E-state index contributed by atoms with van der Waals surface area (Å²) in [5.74, 6) is -0.598. The number of carbonyl (C=O) groups excluding carboxylic acids is 1. The highest BCUT2D eigenvalue weighted by atomic mass is 35.5. The van der Waals surface area contributed by atoms with Crippen molar-refractivity contribution in [1.29, 1.82) is 0 Å². The van der Waals surface area contributed by atoms with E-state index in [1.54, 1.807) is 6.07 Å². The van der Waals surface area contributed by atoms with Gasteiger partial charge in [0.1, 0.15) is 5.82 Å². The molecule has 6 heteroatoms. The molecular weight excluding hydrogens is 362 g/mol. The lowest BCUT2D eigenvalue weighted by molar-refractivity contribution is -0.122. The number of nitrogens with one attached hydrogen (secondary N) is 1. The Morgan fingerprint density at radius 2 is 1.88 bits per heavy atom. The Labute approximate surface area is 159 Å². The van der Waals surface area contributed by atoms with Gasteiger partial charge in [0.25, 0.3) is 0 Å². The summed E-state index contributed by atoms with van der Waals surface area (Å²) in [5, 5.41) is 3.22. The summed E-state index contributed by atoms with van der Waals surface area (Å²) >= 11 is 6.12. The molecule has 0 aliphatic rings. The zero-order valence-corrected chi connectivity index (χ0v) is 15.8. The molecular formula is C19H23Cl2FN2O. The normalized spacial score (nSPS) is 12.2. The van der Waals surface area contributed by atoms with Crippen molar-refractivity contribution >= 4 is 29.9 Å². The average Bonchev–Trinajstić information content (AvgIpc) is 2.53. The summed E-state index contributed by atoms with van der Waals surface area (Å²) in [6.07, 6.45) is 0.477. The van der Waals surface area contributed by atoms with E-state index in [4.69, 9.17) is 17.3 Å². The Morgan fingerprint density at radius 3 is 2.48 bits per heavy atom. The van der Waals surface area contributed by atoms with Crippen LogP contribution < -0.4 is 11.1 Å². The second-order valence-electron chi connectivity index (χ2n) is 6.52. The molecule has 0 heterocycles. The zero-order chi connectivity index (χ0) is 17.7. The van der Waals surface area contributed by atoms with Gasteiger partial charge in [-0.1, -0.05) is 61.8 Å². The first kappa shape index (κ1) is 21.4. The van der Waals surface area contributed by atoms with Crippen molar-refractivity contribution in [2.24, 2.45) is 5.73 Å². The van der Waals surface area contributed by atoms with Crippen molar-refractivity contribution in [2.75, 3.05) is 6.54 Å². The largest absolute Gasteiger partial charge is 0.354 e. The lowest BCUT2D eigenvalue weighted by Gasteiger charge is -2.27. The molecule has 0 aliphatic carbocycles. The summed E-state index contributed by atoms with van der Waals surface area (Å²) in [4.78, 5) is 12.2. The first-order valence-corrected chi connectivity index (χ1v) is 8.20. The number of nitrogens with two attached hydrogens (primary N) is 1. The number of rotatable bonds is 6. The van der Waals surface area contributed by atoms with E-state index in [2.05, 4.69) is 5.32 Å². The van der Waals surface area contributed by atoms with Crippen molar-refractivity contribution in [3.05, 3.63) is 70.5 Å². The second-order valence-corrected chi connectivity index (χ2v) is 6.93. The van der Waals surface area contributed by atoms with Crippen LogP contribution in [0.1, 0.15) is 25.0 Å². The minimum Gasteiger partial charge on any atom is -0.354 e. The van der Waals surface area contributed by atoms with Crippen molar-refractivity contribution < 1.29 is 9.18 Å². The van der Waals surface area contributed by atoms with Crippen LogP contribution >= 0.6 is 24.0 Å². The van der Waals surface area contributed by atoms with Gasteiger partial charge in [-0.2, -0.15) is 0 Å². The molecule has 0 radical (unpaired) electrons. The quantitative estimate of drug-likeness (QED) is 0.793. The standard InChI is InChI=1S/C19H22ClFN2O.ClH/c1-19(2,15-9-8-14(21)11-16(15)20)12-23-18(24)17(22)10-13-6-4-3-5-7-13;/h3-9,11,17H,10,12,22H2,1-2H3,(H,23,24);1H/t17-;/m0./s1. The molecule has 136 valence electrons. The van der Waals surface area contributed by atoms with Crippen LogP contribution in [-0.2, 0) is 16.6 Å². The first-order chi connectivity index (χ1) is 11.3. The lowest BCUT2D eigenvalue weighted by atomic mass is 9.84. The Bertz CT molecular complexity index is 708. The number of hydrogen-bond donors (Lipinski definition) is 2. The fourth-order valence-corrected chi connectivity index (χ4v) is 2.96. The fraction of sp³-hybridized carbons (Fsp3) is 0.316. The van der Waals surface area contributed by atoms with E-state index in [1.165, 1.54) is 12.1 Å². The van der Waals surface area contributed by atoms with Gasteiger partial charge in [-0.3, -0.25) is 4.79 Å². The molecule has 0 unspecified atom stereocenters. The predicted molar refractivity (Wildman–Crippen MR) is 103 cm³/mol. The minimum absolute atomic E-state index is 0. The Hall–Kier alpha value is -1.62. The summed E-state index contributed by atoms with van der Waals surface area (Å²) in [6, 6.07) is 13.3. The number of benzene rings is 2. The number of hydrogen-bond acceptors (Lipinski definition) is 2. The van der Waals surface area contributed by atoms with Crippen LogP contribution in [0.4, 0.5) is 4.39 Å². The summed E-state index contributed by atoms with van der Waals surface area (Å²) in [7, 11) is 0. The lowest BCUT2D eigenvalue weighted by Crippen LogP contribution is -2.46. The van der Waals surface area contributed by atoms with Crippen molar-refractivity contribution in [2.45, 2.75) is 31.7 Å². The highest BCUT2D eigenvalue weighted by Crippen LogP contribution is 2.29. The van der Waals surface area contributed by atoms with Crippen molar-refractivity contribution in [3.8, 4) is 0 Å². The van der Waals surface area contributed by atoms with Gasteiger partial charge in [-0.15, -0.1) is 12.4 Å². The van der Waals surface area contributed by atoms with Gasteiger partial charge in [0, 0.05) is 17.0 Å². The molecule has 0 aromatic heterocycles. The van der Waals surface area contributed by atoms with Gasteiger partial charge >= 0.3 is 0 Å². The van der Waals surface area contributed by atoms with Gasteiger partial charge in [0.15, 0.2) is 0 Å². The van der Waals surface area contributed by atoms with Crippen LogP contribution in [0.5, 0.6) is 0 Å². The third-order valence-electron chi connectivity index (χ3n) is 4.00. The van der Waals surface area contributed by atoms with Crippen LogP contribution in [0.15, 0.2) is 48.5 Å². The number of halogens is 3. The highest BCUT2D eigenvalue weighted by molar-refractivity contribution is 6.31. The molecule has 0 bridgehead atoms. The van der Waals surface area contributed by atoms with E-state index >= 15 is 0 Å². The molecule has 0 fully saturated rings. The molecule has 3 N–H and O–H groups in total. The molecule has 0 saturated carbocycles. The Balaban J connectivity index is 0.00000312. The maximum Gasteiger partial charge on any atom is 0.237 e. The maximum atomic E-state index is 13.2. The third kappa shape index (κ3) is 5.99. The van der Waals surface area contributed by atoms with Gasteiger partial charge in [-0.25, -0.2) is 4.39 Å². The SMILES string of the molecule is CC(C)(CNC(=O)[C@@H](N)Cc1ccccc1)c1ccc(F)cc1Cl.Cl. The predicted octanol–water partition coefficient (Wildman–Crippen LogP) is 3.86. The summed E-state index contributed by atoms with van der Waals surface area (Å²) < 4.78 is 13.2. The van der Waals surface area contributed by atoms with Gasteiger partial charge in [0.2, 0.25) is 5.91 Å². The van der Waals surface area contributed by atoms with E-state index in [0.29, 0.717) is 18.0 Å². The molecule has 1 atom stereocenters. The summed E-state index contributed by atoms with van der Waals surface area (Å²) in [6.45, 7) is 4.24. The average molecular weight is 385 g/mol. The summed E-state index contributed by atoms with van der Waals surface area (Å²) in [5.41, 5.74) is 7.34. The van der Waals surface area contributed by atoms with E-state index in [1.807, 2.05) is 44.2 Å². The van der Waals surface area contributed by atoms with E-state index in [9.17, 15) is 9.18 Å². The third-order valence-corrected chi connectivity index (χ3v) is 4.31. The van der Waals surface area contributed by atoms with Crippen LogP contribution in [-0.4, -0.2) is 18.5 Å². The number of carbonyl (C=O) groups is 1. The van der Waals surface area contributed by atoms with Crippen molar-refractivity contribution in [3.63, 3.8) is 0 Å². The molecule has 0 saturated heterocycles. The van der Waals surface area contributed by atoms with Gasteiger partial charge < -0.3 is 11.1 Å². The maximum absolute atomic E-state index is 13.2. The monoisotopic (exact) mass is 384 g/mol. The molecule has 1 amide bonds. The van der Waals surface area contributed by atoms with Crippen LogP contribution in [0.2, 0.25) is 5.02 Å². The Morgan fingerprint density at radius 1 is 1.24 bits per heavy atom. The fourth-order valence-electron chi connectivity index (χ4n) is 2.53. The molecule has 25 heavy (non-hydrogen) atoms. The van der Waals surface area contributed by atoms with Gasteiger partial charge in [0.05, 0.1) is 6.04 Å². The zero-order valence-electron chi connectivity index (χ0n) is 14.3. The van der Waals surface area contributed by atoms with Crippen molar-refractivity contribution in [1.82, 2.24) is 5.32 Å². The highest BCUT2D eigenvalue weighted by Gasteiger charge is 2.25. The Kier molecular flexibility index (Phi) is 7.87. The van der Waals surface area contributed by atoms with Crippen LogP contribution in [0, 0.1) is 5.82 Å². The topological polar surface area (TPSA) is 55.1 Å². The van der Waals surface area contributed by atoms with Crippen LogP contribution in [0.25, 0.3) is 0 Å². The molecule has 2 aromatic rings. The van der Waals surface area contributed by atoms with E-state index in [-0.39, 0.29) is 24.1 Å². The minimum atomic E-state index is -0.619. The molecule has 3 nitrogen and oxygen atoms in total. The molecule has 2 rings (SSSR count). The number of amides is 1. The van der Waals surface area contributed by atoms with Gasteiger partial charge in [-0.05, 0) is 29.7 Å². The smallest absolute Gasteiger partial charge is 0.237 e. The first-order valence-electron chi connectivity index (χ1n) is 7.82. The molecule has 0 aliphatic heterocycles. The molecule has 0 spiro atoms. The van der Waals surface area contributed by atoms with Crippen LogP contribution in [0.3, 0.4) is 0 Å². The van der Waals surface area contributed by atoms with E-state index < -0.39 is 11.5 Å². The second kappa shape index (κ2) is 9.18.